The lowest BCUT2D eigenvalue weighted by Crippen LogP contribution is -2.37. The second kappa shape index (κ2) is 2.47. The zero-order valence-electron chi connectivity index (χ0n) is 10.9. The maximum absolute atomic E-state index is 12.9. The number of allylic oxidation sites excluding steroid dienone is 2. The van der Waals surface area contributed by atoms with Gasteiger partial charge in [-0.25, -0.2) is 0 Å². The van der Waals surface area contributed by atoms with Crippen LogP contribution < -0.4 is 0 Å². The molecule has 3 nitrogen and oxygen atoms in total. The predicted molar refractivity (Wildman–Crippen MR) is 67.0 cm³/mol. The standard InChI is InChI=1S/C17H16O3/c18-15-6-3-1-2-4-5(3)8-9(6)11-12-10(8)7(4)16(19)14(12)17(20)13(11)15/h1-14,17,20H/t3-,4-,5?,6-,7-,8?,9-,10+,11-,12+,13-,14+,17?/m1/s1. The Morgan fingerprint density at radius 3 is 1.60 bits per heavy atom. The minimum Gasteiger partial charge on any atom is -0.392 e. The van der Waals surface area contributed by atoms with Crippen molar-refractivity contribution < 1.29 is 14.7 Å². The van der Waals surface area contributed by atoms with Crippen LogP contribution in [0.2, 0.25) is 0 Å². The van der Waals surface area contributed by atoms with Gasteiger partial charge in [0.1, 0.15) is 11.6 Å². The molecule has 3 unspecified atom stereocenters. The highest BCUT2D eigenvalue weighted by molar-refractivity contribution is 5.96. The predicted octanol–water partition coefficient (Wildman–Crippen LogP) is 0.531. The highest BCUT2D eigenvalue weighted by Gasteiger charge is 2.84. The molecule has 0 saturated heterocycles. The molecule has 0 amide bonds. The van der Waals surface area contributed by atoms with Crippen LogP contribution in [-0.4, -0.2) is 22.8 Å². The van der Waals surface area contributed by atoms with Gasteiger partial charge in [0.15, 0.2) is 0 Å². The monoisotopic (exact) mass is 268 g/mol. The van der Waals surface area contributed by atoms with Gasteiger partial charge in [-0.2, -0.15) is 0 Å². The Morgan fingerprint density at radius 2 is 1.10 bits per heavy atom. The fourth-order valence-corrected chi connectivity index (χ4v) is 8.82. The first-order chi connectivity index (χ1) is 9.72. The minimum atomic E-state index is -0.653. The summed E-state index contributed by atoms with van der Waals surface area (Å²) in [6, 6.07) is 0. The van der Waals surface area contributed by atoms with Crippen molar-refractivity contribution in [2.75, 3.05) is 0 Å². The lowest BCUT2D eigenvalue weighted by atomic mass is 9.78. The van der Waals surface area contributed by atoms with Crippen molar-refractivity contribution in [3.05, 3.63) is 12.2 Å². The highest BCUT2D eigenvalue weighted by atomic mass is 16.3. The average molecular weight is 268 g/mol. The van der Waals surface area contributed by atoms with E-state index in [1.807, 2.05) is 0 Å². The summed E-state index contributed by atoms with van der Waals surface area (Å²) in [5.74, 6) is 4.40. The molecular weight excluding hydrogens is 252 g/mol. The van der Waals surface area contributed by atoms with E-state index in [0.717, 1.165) is 0 Å². The van der Waals surface area contributed by atoms with Gasteiger partial charge in [0.2, 0.25) is 0 Å². The molecule has 0 aliphatic heterocycles. The number of fused-ring (bicyclic) bond motifs is 2. The molecule has 7 rings (SSSR count). The maximum atomic E-state index is 12.9. The van der Waals surface area contributed by atoms with Gasteiger partial charge in [0.05, 0.1) is 6.10 Å². The molecule has 0 aromatic heterocycles. The molecule has 102 valence electrons. The number of hydrogen-bond donors (Lipinski definition) is 1. The lowest BCUT2D eigenvalue weighted by Gasteiger charge is -2.25. The first-order valence-corrected chi connectivity index (χ1v) is 8.15. The van der Waals surface area contributed by atoms with Crippen LogP contribution >= 0.6 is 0 Å². The number of Topliss-reactive ketones (excluding diaryl/α,β-unsaturated/α-hetero) is 2. The number of ketones is 2. The van der Waals surface area contributed by atoms with Crippen molar-refractivity contribution in [1.29, 1.82) is 0 Å². The van der Waals surface area contributed by atoms with E-state index in [-0.39, 0.29) is 23.7 Å². The van der Waals surface area contributed by atoms with E-state index in [1.165, 1.54) is 0 Å². The molecule has 13 atom stereocenters. The van der Waals surface area contributed by atoms with Crippen molar-refractivity contribution in [2.45, 2.75) is 6.10 Å². The SMILES string of the molecule is O=C1[C@H]2[C@@H]3C4C5[C@@H](C=C[C@H]52)[C@H]2C(=O)[C@H]5C(O)[C@@H]1[C@H]3[C@@H]5[C@H]42. The van der Waals surface area contributed by atoms with Crippen molar-refractivity contribution in [3.8, 4) is 0 Å². The van der Waals surface area contributed by atoms with Gasteiger partial charge < -0.3 is 5.11 Å². The molecule has 6 saturated carbocycles. The second-order valence-electron chi connectivity index (χ2n) is 8.40. The minimum absolute atomic E-state index is 0.191. The fourth-order valence-electron chi connectivity index (χ4n) is 8.82. The first kappa shape index (κ1) is 9.88. The quantitative estimate of drug-likeness (QED) is 0.652. The number of aliphatic hydroxyl groups excluding tert-OH is 1. The van der Waals surface area contributed by atoms with Gasteiger partial charge in [-0.1, -0.05) is 12.2 Å². The Bertz CT molecular complexity index is 595. The zero-order chi connectivity index (χ0) is 13.1. The number of carbonyl (C=O) groups is 2. The molecule has 0 bridgehead atoms. The number of rotatable bonds is 0. The first-order valence-electron chi connectivity index (χ1n) is 8.15. The van der Waals surface area contributed by atoms with Gasteiger partial charge in [-0.3, -0.25) is 9.59 Å². The number of aliphatic hydroxyl groups is 1. The van der Waals surface area contributed by atoms with E-state index in [9.17, 15) is 14.7 Å². The number of hydrogen-bond acceptors (Lipinski definition) is 3. The molecule has 0 spiro atoms. The van der Waals surface area contributed by atoms with E-state index in [1.54, 1.807) is 0 Å². The van der Waals surface area contributed by atoms with E-state index in [2.05, 4.69) is 12.2 Å². The van der Waals surface area contributed by atoms with Crippen molar-refractivity contribution in [2.24, 2.45) is 71.0 Å². The second-order valence-corrected chi connectivity index (χ2v) is 8.40. The topological polar surface area (TPSA) is 54.4 Å². The van der Waals surface area contributed by atoms with Crippen LogP contribution in [0, 0.1) is 71.0 Å². The Kier molecular flexibility index (Phi) is 1.22. The third-order valence-corrected chi connectivity index (χ3v) is 8.65. The van der Waals surface area contributed by atoms with Gasteiger partial charge >= 0.3 is 0 Å². The largest absolute Gasteiger partial charge is 0.392 e. The Balaban J connectivity index is 1.60. The Morgan fingerprint density at radius 1 is 0.650 bits per heavy atom. The van der Waals surface area contributed by atoms with Crippen LogP contribution in [0.3, 0.4) is 0 Å². The zero-order valence-corrected chi connectivity index (χ0v) is 10.9. The molecule has 1 N–H and O–H groups in total. The molecule has 6 fully saturated rings. The van der Waals surface area contributed by atoms with Gasteiger partial charge in [0, 0.05) is 23.7 Å². The number of carbonyl (C=O) groups excluding carboxylic acids is 2. The molecule has 0 aromatic rings. The molecule has 0 radical (unpaired) electrons. The maximum Gasteiger partial charge on any atom is 0.142 e. The van der Waals surface area contributed by atoms with Crippen molar-refractivity contribution in [3.63, 3.8) is 0 Å². The fraction of sp³-hybridized carbons (Fsp3) is 0.765. The summed E-state index contributed by atoms with van der Waals surface area (Å²) in [6.45, 7) is 0. The van der Waals surface area contributed by atoms with E-state index in [0.29, 0.717) is 58.9 Å². The Labute approximate surface area is 116 Å². The van der Waals surface area contributed by atoms with Gasteiger partial charge in [0.25, 0.3) is 0 Å². The molecule has 0 aromatic carbocycles. The smallest absolute Gasteiger partial charge is 0.142 e. The van der Waals surface area contributed by atoms with Gasteiger partial charge in [-0.15, -0.1) is 0 Å². The summed E-state index contributed by atoms with van der Waals surface area (Å²) in [4.78, 5) is 25.7. The van der Waals surface area contributed by atoms with E-state index in [4.69, 9.17) is 0 Å². The molecule has 3 heteroatoms. The molecular formula is C17H16O3. The van der Waals surface area contributed by atoms with E-state index >= 15 is 0 Å². The van der Waals surface area contributed by atoms with Crippen LogP contribution in [0.1, 0.15) is 0 Å². The van der Waals surface area contributed by atoms with Crippen LogP contribution in [0.5, 0.6) is 0 Å². The highest BCUT2D eigenvalue weighted by Crippen LogP contribution is 2.82. The molecule has 20 heavy (non-hydrogen) atoms. The summed E-state index contributed by atoms with van der Waals surface area (Å²) in [5.41, 5.74) is 0. The molecule has 7 aliphatic rings. The average Bonchev–Trinajstić information content (AvgIpc) is 3.11. The normalized spacial score (nSPS) is 75.8. The Hall–Kier alpha value is -0.960. The van der Waals surface area contributed by atoms with E-state index < -0.39 is 6.10 Å². The van der Waals surface area contributed by atoms with Crippen LogP contribution in [0.4, 0.5) is 0 Å². The summed E-state index contributed by atoms with van der Waals surface area (Å²) < 4.78 is 0. The molecule has 7 aliphatic carbocycles. The third-order valence-electron chi connectivity index (χ3n) is 8.65. The van der Waals surface area contributed by atoms with Crippen LogP contribution in [-0.2, 0) is 9.59 Å². The van der Waals surface area contributed by atoms with Crippen LogP contribution in [0.15, 0.2) is 12.2 Å². The summed E-state index contributed by atoms with van der Waals surface area (Å²) in [6.07, 6.45) is 3.87. The van der Waals surface area contributed by atoms with Crippen molar-refractivity contribution in [1.82, 2.24) is 0 Å². The molecule has 0 heterocycles. The van der Waals surface area contributed by atoms with Crippen molar-refractivity contribution >= 4 is 11.6 Å². The van der Waals surface area contributed by atoms with Crippen LogP contribution in [0.25, 0.3) is 0 Å². The van der Waals surface area contributed by atoms with Gasteiger partial charge in [-0.05, 0) is 47.3 Å². The summed E-state index contributed by atoms with van der Waals surface area (Å²) in [7, 11) is 0. The third kappa shape index (κ3) is 0.621. The summed E-state index contributed by atoms with van der Waals surface area (Å²) >= 11 is 0. The summed E-state index contributed by atoms with van der Waals surface area (Å²) in [5, 5.41) is 10.6. The lowest BCUT2D eigenvalue weighted by molar-refractivity contribution is -0.133.